The molecule has 1 aliphatic carbocycles. The smallest absolute Gasteiger partial charge is 0.247 e. The molecule has 0 unspecified atom stereocenters. The van der Waals surface area contributed by atoms with Gasteiger partial charge in [0.1, 0.15) is 17.2 Å². The Kier molecular flexibility index (Phi) is 16.3. The number of hydrogen-bond acceptors (Lipinski definition) is 11. The van der Waals surface area contributed by atoms with Crippen LogP contribution in [0.2, 0.25) is 0 Å². The number of likely N-dealkylation sites (tertiary alicyclic amines) is 3. The molecule has 0 aromatic heterocycles. The summed E-state index contributed by atoms with van der Waals surface area (Å²) in [6, 6.07) is 55.6. The summed E-state index contributed by atoms with van der Waals surface area (Å²) in [6.45, 7) is 8.33. The Bertz CT molecular complexity index is 4150. The minimum Gasteiger partial charge on any atom is -0.492 e. The lowest BCUT2D eigenvalue weighted by atomic mass is 9.74. The average molecular weight is 1210 g/mol. The third-order valence-electron chi connectivity index (χ3n) is 20.2. The van der Waals surface area contributed by atoms with Gasteiger partial charge in [0.15, 0.2) is 11.5 Å². The molecule has 462 valence electrons. The molecule has 3 fully saturated rings. The third kappa shape index (κ3) is 11.5. The molecule has 3 amide bonds. The van der Waals surface area contributed by atoms with Gasteiger partial charge in [0.05, 0.1) is 19.8 Å². The monoisotopic (exact) mass is 1210 g/mol. The summed E-state index contributed by atoms with van der Waals surface area (Å²) in [6.07, 6.45) is 14.4. The molecule has 14 heteroatoms. The second-order valence-corrected chi connectivity index (χ2v) is 25.3. The predicted molar refractivity (Wildman–Crippen MR) is 355 cm³/mol. The van der Waals surface area contributed by atoms with Gasteiger partial charge in [-0.3, -0.25) is 14.4 Å². The number of carbonyl (C=O) groups is 3. The maximum atomic E-state index is 13.3. The molecule has 8 aromatic rings. The van der Waals surface area contributed by atoms with Crippen LogP contribution < -0.4 is 40.9 Å². The minimum absolute atomic E-state index is 0.00166. The zero-order chi connectivity index (χ0) is 62.1. The highest BCUT2D eigenvalue weighted by Crippen LogP contribution is 2.50. The van der Waals surface area contributed by atoms with Gasteiger partial charge in [0.25, 0.3) is 0 Å². The molecule has 8 aromatic carbocycles. The van der Waals surface area contributed by atoms with Crippen molar-refractivity contribution >= 4 is 46.2 Å². The Morgan fingerprint density at radius 3 is 1.32 bits per heavy atom. The van der Waals surface area contributed by atoms with E-state index in [9.17, 15) is 14.4 Å². The van der Waals surface area contributed by atoms with Gasteiger partial charge in [-0.1, -0.05) is 133 Å². The fourth-order valence-corrected chi connectivity index (χ4v) is 14.7. The quantitative estimate of drug-likeness (QED) is 0.123. The number of fused-ring (bicyclic) bond motifs is 11. The number of piperidine rings is 3. The second-order valence-electron chi connectivity index (χ2n) is 25.3. The summed E-state index contributed by atoms with van der Waals surface area (Å²) in [5.41, 5.74) is 32.4. The van der Waals surface area contributed by atoms with Crippen molar-refractivity contribution in [2.75, 3.05) is 65.9 Å². The molecule has 0 atom stereocenters. The van der Waals surface area contributed by atoms with Crippen molar-refractivity contribution in [2.24, 2.45) is 17.2 Å². The van der Waals surface area contributed by atoms with Crippen LogP contribution in [0.4, 0.5) is 0 Å². The Morgan fingerprint density at radius 2 is 0.824 bits per heavy atom. The molecule has 6 N–H and O–H groups in total. The summed E-state index contributed by atoms with van der Waals surface area (Å²) in [4.78, 5) is 44.7. The van der Waals surface area contributed by atoms with Crippen LogP contribution >= 0.6 is 0 Å². The standard InChI is InChI=1S/C28H26N2O2.C26H26N2O2.C23H24N2O4/c29-17-19-9-10-26-25(15-19)28(18-32-26)11-13-30(14-12-28)27(31)16-24-22-7-3-1-5-20(22)21-6-2-4-8-23(21)24;27-17-19-8-10-24-23(16-19)26(18-30-24)12-14-28(15-13-26)25(29)11-9-21-6-3-5-20-4-1-2-7-22(20)21;24-13-17-2-4-19-18(11-17)23(14-27-19)7-9-25(10-8-23)22(26)6-3-16-1-5-20-21(12-16)29-15-28-20/h1-10,15-16H,11-14,17-18,29H2;1-11,16H,12-15,17-18,27H2;1-6,11-12H,7-10,13-15,24H2/b;11-9+;6-3+. The average Bonchev–Trinajstić information content (AvgIpc) is 1.81. The van der Waals surface area contributed by atoms with Crippen molar-refractivity contribution in [3.05, 3.63) is 238 Å². The molecule has 7 aliphatic heterocycles. The van der Waals surface area contributed by atoms with Gasteiger partial charge < -0.3 is 55.6 Å². The molecule has 3 saturated heterocycles. The van der Waals surface area contributed by atoms with E-state index in [0.29, 0.717) is 39.5 Å². The lowest BCUT2D eigenvalue weighted by molar-refractivity contribution is -0.128. The number of ether oxygens (including phenoxy) is 5. The van der Waals surface area contributed by atoms with Gasteiger partial charge in [-0.15, -0.1) is 0 Å². The normalized spacial score (nSPS) is 17.9. The second kappa shape index (κ2) is 25.1. The predicted octanol–water partition coefficient (Wildman–Crippen LogP) is 11.6. The molecule has 8 aliphatic rings. The Balaban J connectivity index is 0.000000119. The molecule has 3 spiro atoms. The maximum absolute atomic E-state index is 13.3. The molecule has 91 heavy (non-hydrogen) atoms. The summed E-state index contributed by atoms with van der Waals surface area (Å²) >= 11 is 0. The largest absolute Gasteiger partial charge is 0.492 e. The van der Waals surface area contributed by atoms with Crippen molar-refractivity contribution in [2.45, 2.75) is 74.4 Å². The van der Waals surface area contributed by atoms with Gasteiger partial charge >= 0.3 is 0 Å². The Morgan fingerprint density at radius 1 is 0.407 bits per heavy atom. The van der Waals surface area contributed by atoms with Crippen LogP contribution in [-0.4, -0.2) is 98.3 Å². The first-order chi connectivity index (χ1) is 44.5. The molecular weight excluding hydrogens is 1140 g/mol. The van der Waals surface area contributed by atoms with Crippen LogP contribution in [0.15, 0.2) is 182 Å². The van der Waals surface area contributed by atoms with Crippen LogP contribution in [0.1, 0.15) is 94.2 Å². The first kappa shape index (κ1) is 59.2. The topological polar surface area (TPSA) is 185 Å². The van der Waals surface area contributed by atoms with Gasteiger partial charge in [-0.25, -0.2) is 0 Å². The number of carbonyl (C=O) groups excluding carboxylic acids is 3. The van der Waals surface area contributed by atoms with Crippen molar-refractivity contribution in [1.29, 1.82) is 0 Å². The molecule has 7 heterocycles. The highest BCUT2D eigenvalue weighted by atomic mass is 16.7. The molecule has 0 radical (unpaired) electrons. The van der Waals surface area contributed by atoms with E-state index in [0.717, 1.165) is 156 Å². The maximum Gasteiger partial charge on any atom is 0.247 e. The third-order valence-corrected chi connectivity index (χ3v) is 20.2. The molecular formula is C77H76N6O8. The SMILES string of the molecule is NCc1ccc2c(c1)C1(CCN(C(=O)/C=C/c3ccc4c(c3)OCO4)CC1)CO2.NCc1ccc2c(c1)C1(CCN(C(=O)/C=C/c3cccc4ccccc34)CC1)CO2.NCc1ccc2c(c1)C1(CCN(C(=O)C=C3c4ccccc4-c4ccccc43)CC1)CO2. The van der Waals surface area contributed by atoms with E-state index in [1.54, 1.807) is 12.2 Å². The van der Waals surface area contributed by atoms with Gasteiger partial charge in [0.2, 0.25) is 24.5 Å². The highest BCUT2D eigenvalue weighted by molar-refractivity contribution is 6.08. The number of nitrogens with zero attached hydrogens (tertiary/aromatic N) is 3. The molecule has 0 saturated carbocycles. The van der Waals surface area contributed by atoms with E-state index in [1.807, 2.05) is 118 Å². The van der Waals surface area contributed by atoms with Gasteiger partial charge in [-0.05, 0) is 147 Å². The Labute approximate surface area is 531 Å². The first-order valence-corrected chi connectivity index (χ1v) is 31.9. The van der Waals surface area contributed by atoms with E-state index in [1.165, 1.54) is 33.2 Å². The zero-order valence-corrected chi connectivity index (χ0v) is 51.2. The highest BCUT2D eigenvalue weighted by Gasteiger charge is 2.46. The summed E-state index contributed by atoms with van der Waals surface area (Å²) < 4.78 is 28.7. The molecule has 14 nitrogen and oxygen atoms in total. The van der Waals surface area contributed by atoms with Crippen molar-refractivity contribution < 1.29 is 38.1 Å². The molecule has 16 rings (SSSR count). The van der Waals surface area contributed by atoms with E-state index in [2.05, 4.69) is 78.9 Å². The number of amides is 3. The fourth-order valence-electron chi connectivity index (χ4n) is 14.7. The Hall–Kier alpha value is -9.47. The van der Waals surface area contributed by atoms with E-state index >= 15 is 0 Å². The van der Waals surface area contributed by atoms with Crippen LogP contribution in [-0.2, 0) is 50.3 Å². The van der Waals surface area contributed by atoms with Crippen LogP contribution in [0, 0.1) is 0 Å². The van der Waals surface area contributed by atoms with Crippen molar-refractivity contribution in [1.82, 2.24) is 14.7 Å². The fraction of sp³-hybridized carbons (Fsp3) is 0.286. The number of hydrogen-bond donors (Lipinski definition) is 3. The van der Waals surface area contributed by atoms with Crippen molar-refractivity contribution in [3.8, 4) is 39.9 Å². The lowest BCUT2D eigenvalue weighted by Gasteiger charge is -2.38. The van der Waals surface area contributed by atoms with E-state index in [-0.39, 0.29) is 40.8 Å². The van der Waals surface area contributed by atoms with Gasteiger partial charge in [0, 0.05) is 110 Å². The van der Waals surface area contributed by atoms with Gasteiger partial charge in [-0.2, -0.15) is 0 Å². The van der Waals surface area contributed by atoms with Crippen LogP contribution in [0.3, 0.4) is 0 Å². The van der Waals surface area contributed by atoms with E-state index < -0.39 is 0 Å². The minimum atomic E-state index is -0.00298. The zero-order valence-electron chi connectivity index (χ0n) is 51.2. The van der Waals surface area contributed by atoms with Crippen LogP contribution in [0.25, 0.3) is 39.6 Å². The summed E-state index contributed by atoms with van der Waals surface area (Å²) in [5, 5.41) is 2.35. The van der Waals surface area contributed by atoms with Crippen LogP contribution in [0.5, 0.6) is 28.7 Å². The first-order valence-electron chi connectivity index (χ1n) is 31.9. The lowest BCUT2D eigenvalue weighted by Crippen LogP contribution is -2.45. The summed E-state index contributed by atoms with van der Waals surface area (Å²) in [7, 11) is 0. The van der Waals surface area contributed by atoms with E-state index in [4.69, 9.17) is 40.9 Å². The summed E-state index contributed by atoms with van der Waals surface area (Å²) in [5.74, 6) is 4.58. The molecule has 0 bridgehead atoms. The number of rotatable bonds is 8. The van der Waals surface area contributed by atoms with Crippen molar-refractivity contribution in [3.63, 3.8) is 0 Å². The number of benzene rings is 8. The number of nitrogens with two attached hydrogens (primary N) is 3.